The van der Waals surface area contributed by atoms with Gasteiger partial charge in [0.25, 0.3) is 5.95 Å². The van der Waals surface area contributed by atoms with Crippen LogP contribution in [-0.4, -0.2) is 36.8 Å². The fourth-order valence-electron chi connectivity index (χ4n) is 2.21. The number of hydrogen-bond donors (Lipinski definition) is 0. The first-order chi connectivity index (χ1) is 9.90. The van der Waals surface area contributed by atoms with Gasteiger partial charge in [-0.05, 0) is 31.7 Å². The normalized spacial score (nSPS) is 17.0. The second-order valence-corrected chi connectivity index (χ2v) is 4.99. The lowest BCUT2D eigenvalue weighted by atomic mass is 10.0. The highest BCUT2D eigenvalue weighted by atomic mass is 19.4. The van der Waals surface area contributed by atoms with Gasteiger partial charge in [-0.1, -0.05) is 0 Å². The summed E-state index contributed by atoms with van der Waals surface area (Å²) in [6.07, 6.45) is -2.81. The van der Waals surface area contributed by atoms with E-state index >= 15 is 0 Å². The first-order valence-electron chi connectivity index (χ1n) is 6.72. The van der Waals surface area contributed by atoms with E-state index in [2.05, 4.69) is 9.97 Å². The maximum absolute atomic E-state index is 12.8. The minimum Gasteiger partial charge on any atom is -0.381 e. The molecule has 1 aliphatic heterocycles. The van der Waals surface area contributed by atoms with Crippen molar-refractivity contribution in [2.45, 2.75) is 25.9 Å². The lowest BCUT2D eigenvalue weighted by Gasteiger charge is -2.28. The number of nitrogens with zero attached hydrogens (tertiary/aromatic N) is 3. The van der Waals surface area contributed by atoms with Crippen LogP contribution in [0.1, 0.15) is 24.2 Å². The summed E-state index contributed by atoms with van der Waals surface area (Å²) < 4.78 is 43.7. The Balaban J connectivity index is 2.18. The van der Waals surface area contributed by atoms with Crippen molar-refractivity contribution in [3.63, 3.8) is 0 Å². The van der Waals surface area contributed by atoms with Crippen molar-refractivity contribution in [2.24, 2.45) is 5.92 Å². The summed E-state index contributed by atoms with van der Waals surface area (Å²) in [5.74, 6) is 0.230. The van der Waals surface area contributed by atoms with Crippen molar-refractivity contribution in [1.29, 1.82) is 0 Å². The Labute approximate surface area is 121 Å². The monoisotopic (exact) mass is 305 g/mol. The maximum Gasteiger partial charge on any atom is 0.433 e. The molecule has 0 unspecified atom stereocenters. The molecule has 8 heteroatoms. The Kier molecular flexibility index (Phi) is 5.00. The molecule has 0 aromatic carbocycles. The molecule has 5 nitrogen and oxygen atoms in total. The molecule has 0 spiro atoms. The van der Waals surface area contributed by atoms with Crippen LogP contribution in [0.15, 0.2) is 6.07 Å². The van der Waals surface area contributed by atoms with Gasteiger partial charge in [0.1, 0.15) is 5.69 Å². The van der Waals surface area contributed by atoms with E-state index in [9.17, 15) is 13.2 Å². The van der Waals surface area contributed by atoms with Crippen molar-refractivity contribution >= 4 is 5.95 Å². The minimum atomic E-state index is -4.50. The zero-order chi connectivity index (χ0) is 15.5. The van der Waals surface area contributed by atoms with E-state index in [1.807, 2.05) is 0 Å². The number of hydrogen-bond acceptors (Lipinski definition) is 5. The lowest BCUT2D eigenvalue weighted by Crippen LogP contribution is -2.33. The number of halogens is 3. The molecule has 1 aromatic rings. The van der Waals surface area contributed by atoms with Crippen LogP contribution >= 0.6 is 0 Å². The van der Waals surface area contributed by atoms with E-state index in [-0.39, 0.29) is 17.6 Å². The topological polar surface area (TPSA) is 47.5 Å². The number of aryl methyl sites for hydroxylation is 1. The molecule has 0 aliphatic carbocycles. The molecule has 0 amide bonds. The Morgan fingerprint density at radius 3 is 2.57 bits per heavy atom. The highest BCUT2D eigenvalue weighted by Crippen LogP contribution is 2.29. The molecule has 1 aliphatic rings. The van der Waals surface area contributed by atoms with Crippen molar-refractivity contribution in [1.82, 2.24) is 9.97 Å². The van der Waals surface area contributed by atoms with Gasteiger partial charge >= 0.3 is 6.18 Å². The zero-order valence-electron chi connectivity index (χ0n) is 12.0. The third kappa shape index (κ3) is 4.28. The number of ether oxygens (including phenoxy) is 1. The molecule has 1 fully saturated rings. The standard InChI is InChI=1S/C13H18F3N3O2/c1-9-7-11(13(14,15)16)18-12(17-9)19(20-2)8-10-3-5-21-6-4-10/h7,10H,3-6,8H2,1-2H3. The summed E-state index contributed by atoms with van der Waals surface area (Å²) in [6.45, 7) is 3.26. The Morgan fingerprint density at radius 1 is 1.33 bits per heavy atom. The van der Waals surface area contributed by atoms with Gasteiger partial charge in [-0.2, -0.15) is 13.2 Å². The predicted molar refractivity (Wildman–Crippen MR) is 69.7 cm³/mol. The molecule has 0 saturated carbocycles. The van der Waals surface area contributed by atoms with Crippen molar-refractivity contribution in [3.05, 3.63) is 17.5 Å². The molecule has 21 heavy (non-hydrogen) atoms. The fraction of sp³-hybridized carbons (Fsp3) is 0.692. The summed E-state index contributed by atoms with van der Waals surface area (Å²) in [7, 11) is 1.40. The number of hydroxylamine groups is 1. The molecule has 0 atom stereocenters. The third-order valence-corrected chi connectivity index (χ3v) is 3.34. The summed E-state index contributed by atoms with van der Waals surface area (Å²) in [4.78, 5) is 12.8. The van der Waals surface area contributed by atoms with Gasteiger partial charge in [-0.3, -0.25) is 4.84 Å². The third-order valence-electron chi connectivity index (χ3n) is 3.34. The molecular formula is C13H18F3N3O2. The Morgan fingerprint density at radius 2 is 2.00 bits per heavy atom. The lowest BCUT2D eigenvalue weighted by molar-refractivity contribution is -0.141. The van der Waals surface area contributed by atoms with E-state index in [0.29, 0.717) is 19.8 Å². The number of aromatic nitrogens is 2. The Hall–Kier alpha value is -1.41. The minimum absolute atomic E-state index is 0.0590. The van der Waals surface area contributed by atoms with Crippen LogP contribution in [0.3, 0.4) is 0 Å². The van der Waals surface area contributed by atoms with Gasteiger partial charge in [-0.25, -0.2) is 15.0 Å². The van der Waals surface area contributed by atoms with Gasteiger partial charge in [-0.15, -0.1) is 0 Å². The fourth-order valence-corrected chi connectivity index (χ4v) is 2.21. The molecule has 0 N–H and O–H groups in total. The summed E-state index contributed by atoms with van der Waals surface area (Å²) >= 11 is 0. The highest BCUT2D eigenvalue weighted by Gasteiger charge is 2.34. The Bertz CT molecular complexity index is 476. The van der Waals surface area contributed by atoms with Crippen LogP contribution in [0.4, 0.5) is 19.1 Å². The molecule has 2 heterocycles. The molecule has 118 valence electrons. The molecular weight excluding hydrogens is 287 g/mol. The van der Waals surface area contributed by atoms with Gasteiger partial charge in [0.2, 0.25) is 0 Å². The first-order valence-corrected chi connectivity index (χ1v) is 6.72. The molecule has 1 aromatic heterocycles. The smallest absolute Gasteiger partial charge is 0.381 e. The summed E-state index contributed by atoms with van der Waals surface area (Å²) in [5, 5.41) is 1.32. The number of alkyl halides is 3. The summed E-state index contributed by atoms with van der Waals surface area (Å²) in [5.41, 5.74) is -0.708. The largest absolute Gasteiger partial charge is 0.433 e. The first kappa shape index (κ1) is 16.0. The van der Waals surface area contributed by atoms with E-state index in [1.165, 1.54) is 19.1 Å². The van der Waals surface area contributed by atoms with Crippen LogP contribution in [0.25, 0.3) is 0 Å². The van der Waals surface area contributed by atoms with E-state index in [1.54, 1.807) is 0 Å². The van der Waals surface area contributed by atoms with E-state index in [0.717, 1.165) is 18.9 Å². The molecule has 0 radical (unpaired) electrons. The van der Waals surface area contributed by atoms with Gasteiger partial charge in [0.15, 0.2) is 0 Å². The van der Waals surface area contributed by atoms with Crippen molar-refractivity contribution in [3.8, 4) is 0 Å². The molecule has 0 bridgehead atoms. The van der Waals surface area contributed by atoms with Gasteiger partial charge < -0.3 is 4.74 Å². The van der Waals surface area contributed by atoms with Crippen LogP contribution in [0, 0.1) is 12.8 Å². The van der Waals surface area contributed by atoms with Gasteiger partial charge in [0, 0.05) is 18.9 Å². The SMILES string of the molecule is CON(CC1CCOCC1)c1nc(C)cc(C(F)(F)F)n1. The van der Waals surface area contributed by atoms with Crippen LogP contribution in [-0.2, 0) is 15.8 Å². The predicted octanol–water partition coefficient (Wildman–Crippen LogP) is 2.60. The van der Waals surface area contributed by atoms with Crippen molar-refractivity contribution < 1.29 is 22.7 Å². The summed E-state index contributed by atoms with van der Waals surface area (Å²) in [6, 6.07) is 0.922. The van der Waals surface area contributed by atoms with Crippen LogP contribution in [0.2, 0.25) is 0 Å². The zero-order valence-corrected chi connectivity index (χ0v) is 12.0. The van der Waals surface area contributed by atoms with Crippen LogP contribution in [0.5, 0.6) is 0 Å². The molecule has 1 saturated heterocycles. The van der Waals surface area contributed by atoms with Crippen molar-refractivity contribution in [2.75, 3.05) is 31.9 Å². The highest BCUT2D eigenvalue weighted by molar-refractivity contribution is 5.30. The van der Waals surface area contributed by atoms with Crippen LogP contribution < -0.4 is 5.06 Å². The average molecular weight is 305 g/mol. The van der Waals surface area contributed by atoms with E-state index < -0.39 is 11.9 Å². The number of rotatable bonds is 4. The van der Waals surface area contributed by atoms with E-state index in [4.69, 9.17) is 9.57 Å². The molecule has 2 rings (SSSR count). The quantitative estimate of drug-likeness (QED) is 0.800. The second-order valence-electron chi connectivity index (χ2n) is 4.99. The average Bonchev–Trinajstić information content (AvgIpc) is 2.44. The maximum atomic E-state index is 12.8. The number of anilines is 1. The van der Waals surface area contributed by atoms with Gasteiger partial charge in [0.05, 0.1) is 13.7 Å². The second kappa shape index (κ2) is 6.57.